The van der Waals surface area contributed by atoms with Gasteiger partial charge >= 0.3 is 6.18 Å². The smallest absolute Gasteiger partial charge is 0.422 e. The van der Waals surface area contributed by atoms with Gasteiger partial charge in [0.15, 0.2) is 12.3 Å². The number of aromatic nitrogens is 6. The average molecular weight is 476 g/mol. The van der Waals surface area contributed by atoms with E-state index in [2.05, 4.69) is 15.5 Å². The number of hydrogen-bond donors (Lipinski definition) is 0. The number of ether oxygens (including phenoxy) is 1. The van der Waals surface area contributed by atoms with Crippen LogP contribution >= 0.6 is 11.8 Å². The third kappa shape index (κ3) is 4.95. The normalized spacial score (nSPS) is 11.7. The molecule has 0 amide bonds. The van der Waals surface area contributed by atoms with Crippen molar-refractivity contribution < 1.29 is 17.9 Å². The number of alkyl halides is 3. The van der Waals surface area contributed by atoms with Crippen LogP contribution in [0.1, 0.15) is 11.3 Å². The van der Waals surface area contributed by atoms with Gasteiger partial charge in [0.25, 0.3) is 5.56 Å². The highest BCUT2D eigenvalue weighted by Crippen LogP contribution is 2.26. The lowest BCUT2D eigenvalue weighted by atomic mass is 10.2. The highest BCUT2D eigenvalue weighted by Gasteiger charge is 2.28. The summed E-state index contributed by atoms with van der Waals surface area (Å²) in [6.07, 6.45) is -4.41. The van der Waals surface area contributed by atoms with Crippen LogP contribution in [0.25, 0.3) is 11.4 Å². The fourth-order valence-corrected chi connectivity index (χ4v) is 4.07. The summed E-state index contributed by atoms with van der Waals surface area (Å²) in [7, 11) is 1.77. The molecule has 0 atom stereocenters. The maximum absolute atomic E-state index is 13.2. The minimum absolute atomic E-state index is 0.120. The molecule has 33 heavy (non-hydrogen) atoms. The molecule has 0 unspecified atom stereocenters. The molecule has 0 aliphatic carbocycles. The molecule has 12 heteroatoms. The Balaban J connectivity index is 1.58. The number of halogens is 3. The molecule has 172 valence electrons. The molecule has 0 N–H and O–H groups in total. The topological polar surface area (TPSA) is 79.8 Å². The van der Waals surface area contributed by atoms with Crippen molar-refractivity contribution >= 4 is 11.8 Å². The van der Waals surface area contributed by atoms with Crippen LogP contribution in [0.4, 0.5) is 13.2 Å². The first-order valence-electron chi connectivity index (χ1n) is 9.78. The lowest BCUT2D eigenvalue weighted by Gasteiger charge is -2.10. The van der Waals surface area contributed by atoms with Crippen molar-refractivity contribution in [2.45, 2.75) is 24.0 Å². The van der Waals surface area contributed by atoms with Gasteiger partial charge in [-0.3, -0.25) is 9.48 Å². The van der Waals surface area contributed by atoms with E-state index in [1.807, 2.05) is 30.3 Å². The Morgan fingerprint density at radius 1 is 1.09 bits per heavy atom. The molecule has 0 fully saturated rings. The Kier molecular flexibility index (Phi) is 6.27. The summed E-state index contributed by atoms with van der Waals surface area (Å²) in [6, 6.07) is 15.6. The van der Waals surface area contributed by atoms with Crippen LogP contribution in [0.5, 0.6) is 5.75 Å². The lowest BCUT2D eigenvalue weighted by Crippen LogP contribution is -2.22. The van der Waals surface area contributed by atoms with Crippen molar-refractivity contribution in [3.05, 3.63) is 76.2 Å². The quantitative estimate of drug-likeness (QED) is 0.379. The SMILES string of the molecule is Cc1c(-n2nnnc2SCc2cccc(OCC(F)(F)F)c2)c(=O)n(-c2ccccc2)n1C. The minimum Gasteiger partial charge on any atom is -0.484 e. The summed E-state index contributed by atoms with van der Waals surface area (Å²) in [6.45, 7) is 0.441. The van der Waals surface area contributed by atoms with Gasteiger partial charge in [-0.2, -0.15) is 17.9 Å². The van der Waals surface area contributed by atoms with E-state index < -0.39 is 12.8 Å². The van der Waals surface area contributed by atoms with E-state index in [9.17, 15) is 18.0 Å². The maximum Gasteiger partial charge on any atom is 0.422 e. The van der Waals surface area contributed by atoms with E-state index >= 15 is 0 Å². The second-order valence-electron chi connectivity index (χ2n) is 7.12. The fourth-order valence-electron chi connectivity index (χ4n) is 3.25. The summed E-state index contributed by atoms with van der Waals surface area (Å²) >= 11 is 1.25. The molecule has 0 aliphatic heterocycles. The molecular weight excluding hydrogens is 457 g/mol. The van der Waals surface area contributed by atoms with Crippen molar-refractivity contribution in [2.24, 2.45) is 7.05 Å². The van der Waals surface area contributed by atoms with Gasteiger partial charge in [-0.25, -0.2) is 4.68 Å². The highest BCUT2D eigenvalue weighted by atomic mass is 32.2. The number of nitrogens with zero attached hydrogens (tertiary/aromatic N) is 6. The van der Waals surface area contributed by atoms with Crippen LogP contribution in [0, 0.1) is 6.92 Å². The fraction of sp³-hybridized carbons (Fsp3) is 0.238. The van der Waals surface area contributed by atoms with Crippen molar-refractivity contribution in [3.8, 4) is 17.1 Å². The Bertz CT molecular complexity index is 1310. The first kappa shape index (κ1) is 22.6. The molecule has 2 aromatic carbocycles. The zero-order valence-corrected chi connectivity index (χ0v) is 18.5. The van der Waals surface area contributed by atoms with Gasteiger partial charge in [-0.1, -0.05) is 42.1 Å². The monoisotopic (exact) mass is 476 g/mol. The van der Waals surface area contributed by atoms with Gasteiger partial charge in [0.2, 0.25) is 5.16 Å². The van der Waals surface area contributed by atoms with E-state index in [4.69, 9.17) is 4.74 Å². The van der Waals surface area contributed by atoms with E-state index in [1.54, 1.807) is 30.8 Å². The van der Waals surface area contributed by atoms with Gasteiger partial charge < -0.3 is 4.74 Å². The van der Waals surface area contributed by atoms with Gasteiger partial charge in [0, 0.05) is 12.8 Å². The van der Waals surface area contributed by atoms with Crippen molar-refractivity contribution in [1.29, 1.82) is 0 Å². The molecule has 4 rings (SSSR count). The molecule has 0 saturated carbocycles. The van der Waals surface area contributed by atoms with Crippen LogP contribution in [0.2, 0.25) is 0 Å². The summed E-state index contributed by atoms with van der Waals surface area (Å²) in [5.74, 6) is 0.484. The van der Waals surface area contributed by atoms with Crippen molar-refractivity contribution in [1.82, 2.24) is 29.6 Å². The van der Waals surface area contributed by atoms with Crippen LogP contribution in [0.3, 0.4) is 0 Å². The first-order chi connectivity index (χ1) is 15.7. The maximum atomic E-state index is 13.2. The molecule has 0 bridgehead atoms. The van der Waals surface area contributed by atoms with Crippen molar-refractivity contribution in [2.75, 3.05) is 6.61 Å². The number of hydrogen-bond acceptors (Lipinski definition) is 6. The summed E-state index contributed by atoms with van der Waals surface area (Å²) in [5, 5.41) is 12.1. The Morgan fingerprint density at radius 3 is 2.58 bits per heavy atom. The highest BCUT2D eigenvalue weighted by molar-refractivity contribution is 7.98. The van der Waals surface area contributed by atoms with Crippen molar-refractivity contribution in [3.63, 3.8) is 0 Å². The minimum atomic E-state index is -4.41. The van der Waals surface area contributed by atoms with Crippen LogP contribution in [-0.4, -0.2) is 42.4 Å². The zero-order chi connectivity index (χ0) is 23.6. The molecule has 2 aromatic heterocycles. The molecule has 8 nitrogen and oxygen atoms in total. The van der Waals surface area contributed by atoms with Gasteiger partial charge in [0.05, 0.1) is 11.4 Å². The predicted molar refractivity (Wildman–Crippen MR) is 116 cm³/mol. The molecule has 0 saturated heterocycles. The van der Waals surface area contributed by atoms with E-state index in [0.29, 0.717) is 28.0 Å². The van der Waals surface area contributed by atoms with Gasteiger partial charge in [-0.05, 0) is 47.2 Å². The predicted octanol–water partition coefficient (Wildman–Crippen LogP) is 3.69. The first-order valence-corrected chi connectivity index (χ1v) is 10.8. The van der Waals surface area contributed by atoms with Crippen LogP contribution in [-0.2, 0) is 12.8 Å². The standard InChI is InChI=1S/C21H19F3N6O2S/c1-14-18(19(31)30(28(14)2)16-8-4-3-5-9-16)29-20(25-26-27-29)33-12-15-7-6-10-17(11-15)32-13-21(22,23)24/h3-11H,12-13H2,1-2H3. The second-order valence-corrected chi connectivity index (χ2v) is 8.07. The molecule has 0 aliphatic rings. The van der Waals surface area contributed by atoms with Crippen LogP contribution < -0.4 is 10.3 Å². The Labute approximate surface area is 190 Å². The molecule has 0 spiro atoms. The van der Waals surface area contributed by atoms with Gasteiger partial charge in [0.1, 0.15) is 5.75 Å². The Hall–Kier alpha value is -3.54. The second kappa shape index (κ2) is 9.14. The third-order valence-corrected chi connectivity index (χ3v) is 5.84. The number of tetrazole rings is 1. The van der Waals surface area contributed by atoms with E-state index in [1.165, 1.54) is 33.3 Å². The number of para-hydroxylation sites is 1. The number of benzene rings is 2. The molecule has 0 radical (unpaired) electrons. The largest absolute Gasteiger partial charge is 0.484 e. The summed E-state index contributed by atoms with van der Waals surface area (Å²) < 4.78 is 46.6. The summed E-state index contributed by atoms with van der Waals surface area (Å²) in [4.78, 5) is 13.2. The van der Waals surface area contributed by atoms with E-state index in [0.717, 1.165) is 5.56 Å². The molecular formula is C21H19F3N6O2S. The van der Waals surface area contributed by atoms with Crippen LogP contribution in [0.15, 0.2) is 64.5 Å². The number of rotatable bonds is 7. The third-order valence-electron chi connectivity index (χ3n) is 4.85. The van der Waals surface area contributed by atoms with Gasteiger partial charge in [-0.15, -0.1) is 5.10 Å². The van der Waals surface area contributed by atoms with E-state index in [-0.39, 0.29) is 11.3 Å². The number of thioether (sulfide) groups is 1. The molecule has 2 heterocycles. The average Bonchev–Trinajstić information content (AvgIpc) is 3.33. The lowest BCUT2D eigenvalue weighted by molar-refractivity contribution is -0.153. The molecule has 4 aromatic rings. The summed E-state index contributed by atoms with van der Waals surface area (Å²) in [5.41, 5.74) is 2.13. The zero-order valence-electron chi connectivity index (χ0n) is 17.7. The Morgan fingerprint density at radius 2 is 1.85 bits per heavy atom.